The second-order valence-electron chi connectivity index (χ2n) is 10.6. The van der Waals surface area contributed by atoms with Crippen molar-refractivity contribution in [3.05, 3.63) is 60.9 Å². The number of rotatable bonds is 4. The van der Waals surface area contributed by atoms with Gasteiger partial charge in [-0.2, -0.15) is 0 Å². The maximum Gasteiger partial charge on any atom is 0.253 e. The van der Waals surface area contributed by atoms with Crippen LogP contribution in [-0.2, 0) is 33.6 Å². The van der Waals surface area contributed by atoms with Gasteiger partial charge >= 0.3 is 0 Å². The molecule has 6 rings (SSSR count). The third-order valence-electron chi connectivity index (χ3n) is 8.24. The lowest BCUT2D eigenvalue weighted by Gasteiger charge is -2.37. The molecule has 0 spiro atoms. The quantitative estimate of drug-likeness (QED) is 0.485. The van der Waals surface area contributed by atoms with Gasteiger partial charge in [0.25, 0.3) is 41.4 Å². The number of carbonyl (C=O) groups excluding carboxylic acids is 7. The minimum atomic E-state index is -0.308. The number of amides is 7. The molecule has 2 unspecified atom stereocenters. The van der Waals surface area contributed by atoms with E-state index in [4.69, 9.17) is 0 Å². The molecule has 6 aliphatic rings. The van der Waals surface area contributed by atoms with Crippen molar-refractivity contribution in [2.24, 2.45) is 0 Å². The topological polar surface area (TPSA) is 132 Å². The number of allylic oxidation sites excluding steroid dienone is 1. The second kappa shape index (κ2) is 11.0. The van der Waals surface area contributed by atoms with E-state index < -0.39 is 0 Å². The summed E-state index contributed by atoms with van der Waals surface area (Å²) in [5.74, 6) is -1.69. The van der Waals surface area contributed by atoms with E-state index in [0.717, 1.165) is 50.6 Å². The molecule has 2 atom stereocenters. The number of hydrogen-bond acceptors (Lipinski definition) is 7. The zero-order chi connectivity index (χ0) is 28.6. The summed E-state index contributed by atoms with van der Waals surface area (Å²) >= 11 is 0. The maximum atomic E-state index is 11.8. The van der Waals surface area contributed by atoms with Crippen LogP contribution in [-0.4, -0.2) is 85.1 Å². The van der Waals surface area contributed by atoms with Crippen molar-refractivity contribution in [3.8, 4) is 0 Å². The minimum absolute atomic E-state index is 0.0200. The third-order valence-corrected chi connectivity index (χ3v) is 8.24. The van der Waals surface area contributed by atoms with E-state index in [0.29, 0.717) is 6.42 Å². The average molecular weight is 547 g/mol. The SMILES string of the molecule is C=C1C=CC(=O)N1C1CCC(N2C(=O)C=CC2=O)CC1.O=C1C=CC(=O)N1C1CCCC(N2C(=O)C=CC2=O)C1. The van der Waals surface area contributed by atoms with Crippen LogP contribution in [0.1, 0.15) is 51.4 Å². The first-order valence-electron chi connectivity index (χ1n) is 13.5. The maximum absolute atomic E-state index is 11.8. The fraction of sp³-hybridized carbons (Fsp3) is 0.414. The van der Waals surface area contributed by atoms with Crippen molar-refractivity contribution < 1.29 is 33.6 Å². The van der Waals surface area contributed by atoms with Crippen LogP contribution in [0.15, 0.2) is 60.9 Å². The Hall–Kier alpha value is -4.41. The summed E-state index contributed by atoms with van der Waals surface area (Å²) in [6, 6.07) is -0.378. The smallest absolute Gasteiger partial charge is 0.253 e. The molecule has 2 saturated carbocycles. The van der Waals surface area contributed by atoms with Crippen LogP contribution >= 0.6 is 0 Å². The molecule has 0 N–H and O–H groups in total. The van der Waals surface area contributed by atoms with Gasteiger partial charge in [0.1, 0.15) is 0 Å². The average Bonchev–Trinajstić information content (AvgIpc) is 3.66. The van der Waals surface area contributed by atoms with E-state index in [1.807, 2.05) is 0 Å². The molecule has 0 aromatic carbocycles. The summed E-state index contributed by atoms with van der Waals surface area (Å²) in [5.41, 5.74) is 0.730. The van der Waals surface area contributed by atoms with E-state index in [2.05, 4.69) is 6.58 Å². The first-order valence-corrected chi connectivity index (χ1v) is 13.5. The molecule has 11 nitrogen and oxygen atoms in total. The fourth-order valence-electron chi connectivity index (χ4n) is 6.38. The van der Waals surface area contributed by atoms with Crippen molar-refractivity contribution in [2.75, 3.05) is 0 Å². The van der Waals surface area contributed by atoms with Crippen LogP contribution in [0.3, 0.4) is 0 Å². The molecule has 0 bridgehead atoms. The second-order valence-corrected chi connectivity index (χ2v) is 10.6. The highest BCUT2D eigenvalue weighted by Crippen LogP contribution is 2.32. The van der Waals surface area contributed by atoms with Crippen LogP contribution in [0.2, 0.25) is 0 Å². The summed E-state index contributed by atoms with van der Waals surface area (Å²) in [6.45, 7) is 3.87. The van der Waals surface area contributed by atoms with E-state index in [-0.39, 0.29) is 65.5 Å². The molecule has 0 aromatic rings. The Morgan fingerprint density at radius 2 is 0.725 bits per heavy atom. The highest BCUT2D eigenvalue weighted by Gasteiger charge is 2.40. The summed E-state index contributed by atoms with van der Waals surface area (Å²) in [7, 11) is 0. The summed E-state index contributed by atoms with van der Waals surface area (Å²) in [6.07, 6.45) is 16.7. The monoisotopic (exact) mass is 546 g/mol. The summed E-state index contributed by atoms with van der Waals surface area (Å²) in [5, 5.41) is 0. The minimum Gasteiger partial charge on any atom is -0.306 e. The lowest BCUT2D eigenvalue weighted by Crippen LogP contribution is -2.49. The molecule has 208 valence electrons. The summed E-state index contributed by atoms with van der Waals surface area (Å²) in [4.78, 5) is 87.4. The predicted molar refractivity (Wildman–Crippen MR) is 140 cm³/mol. The van der Waals surface area contributed by atoms with Gasteiger partial charge in [-0.15, -0.1) is 0 Å². The van der Waals surface area contributed by atoms with E-state index >= 15 is 0 Å². The van der Waals surface area contributed by atoms with Gasteiger partial charge in [-0.3, -0.25) is 48.3 Å². The molecule has 0 radical (unpaired) electrons. The Labute approximate surface area is 231 Å². The van der Waals surface area contributed by atoms with Crippen LogP contribution in [0.25, 0.3) is 0 Å². The van der Waals surface area contributed by atoms with Gasteiger partial charge in [-0.1, -0.05) is 6.58 Å². The molecular weight excluding hydrogens is 516 g/mol. The van der Waals surface area contributed by atoms with Crippen LogP contribution in [0.5, 0.6) is 0 Å². The molecule has 2 aliphatic carbocycles. The van der Waals surface area contributed by atoms with Gasteiger partial charge in [0.05, 0.1) is 0 Å². The first-order chi connectivity index (χ1) is 19.2. The highest BCUT2D eigenvalue weighted by molar-refractivity contribution is 6.14. The Morgan fingerprint density at radius 3 is 1.07 bits per heavy atom. The predicted octanol–water partition coefficient (Wildman–Crippen LogP) is 1.28. The van der Waals surface area contributed by atoms with Gasteiger partial charge in [-0.05, 0) is 57.4 Å². The molecule has 11 heteroatoms. The van der Waals surface area contributed by atoms with Gasteiger partial charge < -0.3 is 4.90 Å². The number of carbonyl (C=O) groups is 7. The van der Waals surface area contributed by atoms with Crippen LogP contribution in [0.4, 0.5) is 0 Å². The van der Waals surface area contributed by atoms with Gasteiger partial charge in [-0.25, -0.2) is 0 Å². The van der Waals surface area contributed by atoms with Crippen LogP contribution < -0.4 is 0 Å². The van der Waals surface area contributed by atoms with Gasteiger partial charge in [0, 0.05) is 72.4 Å². The Kier molecular flexibility index (Phi) is 7.46. The first kappa shape index (κ1) is 27.2. The highest BCUT2D eigenvalue weighted by atomic mass is 16.2. The molecular formula is C29H30N4O7. The van der Waals surface area contributed by atoms with E-state index in [1.165, 1.54) is 57.2 Å². The van der Waals surface area contributed by atoms with Crippen LogP contribution in [0, 0.1) is 0 Å². The lowest BCUT2D eigenvalue weighted by molar-refractivity contribution is -0.144. The number of hydrogen-bond donors (Lipinski definition) is 0. The van der Waals surface area contributed by atoms with Crippen molar-refractivity contribution in [3.63, 3.8) is 0 Å². The third kappa shape index (κ3) is 5.11. The summed E-state index contributed by atoms with van der Waals surface area (Å²) < 4.78 is 0. The molecule has 2 fully saturated rings. The standard InChI is InChI=1S/C15H16N2O3.C14H14N2O4/c1-10-2-7-13(18)16(10)11-3-5-12(6-4-11)17-14(19)8-9-15(17)20;17-11-4-5-12(18)15(11)9-2-1-3-10(8-9)16-13(19)6-7-14(16)20/h2,7-9,11-12H,1,3-6H2;4-7,9-10H,1-3,8H2. The van der Waals surface area contributed by atoms with Crippen molar-refractivity contribution in [1.82, 2.24) is 19.6 Å². The van der Waals surface area contributed by atoms with Gasteiger partial charge in [0.2, 0.25) is 0 Å². The molecule has 4 aliphatic heterocycles. The molecule has 7 amide bonds. The Morgan fingerprint density at radius 1 is 0.425 bits per heavy atom. The molecule has 0 saturated heterocycles. The molecule has 4 heterocycles. The van der Waals surface area contributed by atoms with Crippen molar-refractivity contribution >= 4 is 41.4 Å². The molecule has 0 aromatic heterocycles. The van der Waals surface area contributed by atoms with E-state index in [9.17, 15) is 33.6 Å². The zero-order valence-corrected chi connectivity index (χ0v) is 21.9. The van der Waals surface area contributed by atoms with E-state index in [1.54, 1.807) is 11.0 Å². The fourth-order valence-corrected chi connectivity index (χ4v) is 6.38. The number of nitrogens with zero attached hydrogens (tertiary/aromatic N) is 4. The van der Waals surface area contributed by atoms with Gasteiger partial charge in [0.15, 0.2) is 0 Å². The lowest BCUT2D eigenvalue weighted by atomic mass is 9.89. The number of imide groups is 3. The van der Waals surface area contributed by atoms with Crippen molar-refractivity contribution in [2.45, 2.75) is 75.5 Å². The molecule has 40 heavy (non-hydrogen) atoms. The van der Waals surface area contributed by atoms with Crippen molar-refractivity contribution in [1.29, 1.82) is 0 Å². The zero-order valence-electron chi connectivity index (χ0n) is 21.9. The Balaban J connectivity index is 0.000000161. The normalized spacial score (nSPS) is 30.0. The largest absolute Gasteiger partial charge is 0.306 e. The Bertz CT molecular complexity index is 1150.